The topological polar surface area (TPSA) is 58.6 Å². The number of halogens is 2. The molecule has 130 valence electrons. The Bertz CT molecular complexity index is 539. The molecular weight excluding hydrogens is 326 g/mol. The molecule has 1 aromatic heterocycles. The van der Waals surface area contributed by atoms with Crippen molar-refractivity contribution in [3.63, 3.8) is 0 Å². The molecule has 0 aromatic carbocycles. The van der Waals surface area contributed by atoms with Crippen LogP contribution in [0.5, 0.6) is 0 Å². The number of aromatic nitrogens is 2. The highest BCUT2D eigenvalue weighted by molar-refractivity contribution is 7.15. The number of anilines is 1. The average Bonchev–Trinajstić information content (AvgIpc) is 2.95. The molecule has 0 unspecified atom stereocenters. The fraction of sp³-hybridized carbons (Fsp3) is 0.786. The molecular formula is C14H22F2N4O2S. The molecule has 0 bridgehead atoms. The number of nitrogens with zero attached hydrogens (tertiary/aromatic N) is 4. The Morgan fingerprint density at radius 3 is 2.43 bits per heavy atom. The lowest BCUT2D eigenvalue weighted by Gasteiger charge is -2.37. The van der Waals surface area contributed by atoms with Gasteiger partial charge in [-0.15, -0.1) is 10.2 Å². The van der Waals surface area contributed by atoms with E-state index in [-0.39, 0.29) is 17.1 Å². The molecule has 0 spiro atoms. The van der Waals surface area contributed by atoms with Gasteiger partial charge in [0.05, 0.1) is 0 Å². The van der Waals surface area contributed by atoms with Crippen LogP contribution >= 0.6 is 11.3 Å². The minimum Gasteiger partial charge on any atom is -0.444 e. The SMILES string of the molecule is CN(C(=O)OC(C)(C)C)C1CCN(c2nnc(C(F)F)s2)CC1. The molecule has 0 radical (unpaired) electrons. The van der Waals surface area contributed by atoms with Gasteiger partial charge in [0.15, 0.2) is 5.01 Å². The highest BCUT2D eigenvalue weighted by Crippen LogP contribution is 2.30. The highest BCUT2D eigenvalue weighted by Gasteiger charge is 2.29. The van der Waals surface area contributed by atoms with Gasteiger partial charge in [0.2, 0.25) is 5.13 Å². The number of amides is 1. The first kappa shape index (κ1) is 17.8. The summed E-state index contributed by atoms with van der Waals surface area (Å²) in [4.78, 5) is 15.6. The molecule has 23 heavy (non-hydrogen) atoms. The molecule has 1 fully saturated rings. The number of carbonyl (C=O) groups is 1. The molecule has 0 saturated carbocycles. The first-order chi connectivity index (χ1) is 10.7. The quantitative estimate of drug-likeness (QED) is 0.839. The normalized spacial score (nSPS) is 16.7. The van der Waals surface area contributed by atoms with Gasteiger partial charge in [-0.25, -0.2) is 13.6 Å². The van der Waals surface area contributed by atoms with Crippen molar-refractivity contribution < 1.29 is 18.3 Å². The lowest BCUT2D eigenvalue weighted by Crippen LogP contribution is -2.47. The predicted molar refractivity (Wildman–Crippen MR) is 84.1 cm³/mol. The smallest absolute Gasteiger partial charge is 0.410 e. The van der Waals surface area contributed by atoms with Gasteiger partial charge in [-0.1, -0.05) is 11.3 Å². The van der Waals surface area contributed by atoms with E-state index in [1.54, 1.807) is 11.9 Å². The molecule has 1 aliphatic heterocycles. The lowest BCUT2D eigenvalue weighted by atomic mass is 10.0. The molecule has 0 aliphatic carbocycles. The fourth-order valence-corrected chi connectivity index (χ4v) is 3.12. The third kappa shape index (κ3) is 4.73. The van der Waals surface area contributed by atoms with E-state index in [0.29, 0.717) is 18.2 Å². The Balaban J connectivity index is 1.89. The fourth-order valence-electron chi connectivity index (χ4n) is 2.37. The van der Waals surface area contributed by atoms with Gasteiger partial charge < -0.3 is 14.5 Å². The lowest BCUT2D eigenvalue weighted by molar-refractivity contribution is 0.0201. The zero-order valence-electron chi connectivity index (χ0n) is 13.8. The maximum atomic E-state index is 12.6. The van der Waals surface area contributed by atoms with Crippen LogP contribution in [-0.4, -0.2) is 53.0 Å². The number of rotatable bonds is 3. The van der Waals surface area contributed by atoms with Gasteiger partial charge in [0.1, 0.15) is 5.60 Å². The van der Waals surface area contributed by atoms with Crippen molar-refractivity contribution in [2.75, 3.05) is 25.0 Å². The minimum atomic E-state index is -2.59. The maximum Gasteiger partial charge on any atom is 0.410 e. The van der Waals surface area contributed by atoms with Crippen molar-refractivity contribution in [3.8, 4) is 0 Å². The van der Waals surface area contributed by atoms with Crippen molar-refractivity contribution in [1.29, 1.82) is 0 Å². The Morgan fingerprint density at radius 1 is 1.35 bits per heavy atom. The summed E-state index contributed by atoms with van der Waals surface area (Å²) < 4.78 is 30.5. The highest BCUT2D eigenvalue weighted by atomic mass is 32.1. The molecule has 2 rings (SSSR count). The van der Waals surface area contributed by atoms with Crippen molar-refractivity contribution in [1.82, 2.24) is 15.1 Å². The molecule has 9 heteroatoms. The molecule has 1 saturated heterocycles. The second-order valence-electron chi connectivity index (χ2n) is 6.53. The van der Waals surface area contributed by atoms with Gasteiger partial charge in [0, 0.05) is 26.2 Å². The van der Waals surface area contributed by atoms with Gasteiger partial charge in [-0.05, 0) is 33.6 Å². The van der Waals surface area contributed by atoms with Crippen molar-refractivity contribution in [3.05, 3.63) is 5.01 Å². The van der Waals surface area contributed by atoms with E-state index in [0.717, 1.165) is 24.2 Å². The van der Waals surface area contributed by atoms with Crippen LogP contribution in [0.4, 0.5) is 18.7 Å². The van der Waals surface area contributed by atoms with Crippen LogP contribution < -0.4 is 4.90 Å². The van der Waals surface area contributed by atoms with E-state index in [1.165, 1.54) is 0 Å². The van der Waals surface area contributed by atoms with E-state index in [4.69, 9.17) is 4.74 Å². The Kier molecular flexibility index (Phi) is 5.38. The third-order valence-electron chi connectivity index (χ3n) is 3.58. The summed E-state index contributed by atoms with van der Waals surface area (Å²) >= 11 is 0.920. The number of hydrogen-bond acceptors (Lipinski definition) is 6. The number of piperidine rings is 1. The second kappa shape index (κ2) is 6.94. The summed E-state index contributed by atoms with van der Waals surface area (Å²) in [6.07, 6.45) is -1.46. The minimum absolute atomic E-state index is 0.0728. The molecule has 1 aliphatic rings. The third-order valence-corrected chi connectivity index (χ3v) is 4.57. The standard InChI is InChI=1S/C14H22F2N4O2S/c1-14(2,3)22-13(21)19(4)9-5-7-20(8-6-9)12-18-17-11(23-12)10(15)16/h9-10H,5-8H2,1-4H3. The summed E-state index contributed by atoms with van der Waals surface area (Å²) in [5.41, 5.74) is -0.524. The van der Waals surface area contributed by atoms with E-state index in [9.17, 15) is 13.6 Å². The predicted octanol–water partition coefficient (Wildman–Crippen LogP) is 3.31. The largest absolute Gasteiger partial charge is 0.444 e. The van der Waals surface area contributed by atoms with Crippen LogP contribution in [0.1, 0.15) is 45.0 Å². The summed E-state index contributed by atoms with van der Waals surface area (Å²) in [5.74, 6) is 0. The maximum absolute atomic E-state index is 12.6. The molecule has 1 amide bonds. The van der Waals surface area contributed by atoms with Crippen LogP contribution in [0.3, 0.4) is 0 Å². The molecule has 2 heterocycles. The van der Waals surface area contributed by atoms with Crippen LogP contribution in [-0.2, 0) is 4.74 Å². The van der Waals surface area contributed by atoms with Crippen molar-refractivity contribution in [2.24, 2.45) is 0 Å². The molecule has 0 N–H and O–H groups in total. The summed E-state index contributed by atoms with van der Waals surface area (Å²) in [7, 11) is 1.73. The Hall–Kier alpha value is -1.51. The molecule has 1 aromatic rings. The number of alkyl halides is 2. The van der Waals surface area contributed by atoms with Crippen LogP contribution in [0.25, 0.3) is 0 Å². The number of carbonyl (C=O) groups excluding carboxylic acids is 1. The van der Waals surface area contributed by atoms with E-state index >= 15 is 0 Å². The van der Waals surface area contributed by atoms with Crippen LogP contribution in [0, 0.1) is 0 Å². The van der Waals surface area contributed by atoms with E-state index < -0.39 is 12.0 Å². The monoisotopic (exact) mass is 348 g/mol. The van der Waals surface area contributed by atoms with Crippen molar-refractivity contribution in [2.45, 2.75) is 51.7 Å². The number of hydrogen-bond donors (Lipinski definition) is 0. The van der Waals surface area contributed by atoms with Crippen LogP contribution in [0.2, 0.25) is 0 Å². The van der Waals surface area contributed by atoms with E-state index in [2.05, 4.69) is 10.2 Å². The van der Waals surface area contributed by atoms with Gasteiger partial charge in [-0.3, -0.25) is 0 Å². The molecule has 6 nitrogen and oxygen atoms in total. The Labute approximate surface area is 138 Å². The number of ether oxygens (including phenoxy) is 1. The Morgan fingerprint density at radius 2 is 1.96 bits per heavy atom. The van der Waals surface area contributed by atoms with Crippen LogP contribution in [0.15, 0.2) is 0 Å². The van der Waals surface area contributed by atoms with E-state index in [1.807, 2.05) is 25.7 Å². The zero-order chi connectivity index (χ0) is 17.2. The van der Waals surface area contributed by atoms with Gasteiger partial charge in [-0.2, -0.15) is 0 Å². The summed E-state index contributed by atoms with van der Waals surface area (Å²) in [6, 6.07) is 0.0728. The second-order valence-corrected chi connectivity index (χ2v) is 7.52. The summed E-state index contributed by atoms with van der Waals surface area (Å²) in [6.45, 7) is 6.79. The first-order valence-electron chi connectivity index (χ1n) is 7.49. The van der Waals surface area contributed by atoms with Gasteiger partial charge >= 0.3 is 6.09 Å². The first-order valence-corrected chi connectivity index (χ1v) is 8.31. The molecule has 0 atom stereocenters. The zero-order valence-corrected chi connectivity index (χ0v) is 14.6. The summed E-state index contributed by atoms with van der Waals surface area (Å²) in [5, 5.41) is 7.59. The van der Waals surface area contributed by atoms with Crippen molar-refractivity contribution >= 4 is 22.6 Å². The average molecular weight is 348 g/mol. The van der Waals surface area contributed by atoms with Gasteiger partial charge in [0.25, 0.3) is 6.43 Å².